The van der Waals surface area contributed by atoms with E-state index in [-0.39, 0.29) is 5.19 Å². The topological polar surface area (TPSA) is 135 Å². The molecule has 6 aromatic carbocycles. The first-order valence-electron chi connectivity index (χ1n) is 17.6. The van der Waals surface area contributed by atoms with Crippen LogP contribution in [0.2, 0.25) is 6.55 Å². The Hall–Kier alpha value is -3.60. The van der Waals surface area contributed by atoms with Gasteiger partial charge in [-0.3, -0.25) is 0 Å². The average molecular weight is 855 g/mol. The number of hydrogen-bond acceptors (Lipinski definition) is 11. The molecule has 2 aliphatic heterocycles. The first kappa shape index (κ1) is 38.3. The van der Waals surface area contributed by atoms with Crippen LogP contribution in [0.4, 0.5) is 0 Å². The molecule has 2 bridgehead atoms. The van der Waals surface area contributed by atoms with Gasteiger partial charge in [-0.25, -0.2) is 0 Å². The molecule has 55 heavy (non-hydrogen) atoms. The van der Waals surface area contributed by atoms with Gasteiger partial charge in [-0.05, 0) is 11.7 Å². The van der Waals surface area contributed by atoms with Crippen molar-refractivity contribution in [1.82, 2.24) is 0 Å². The number of fused-ring (bicyclic) bond motifs is 2. The lowest BCUT2D eigenvalue weighted by Crippen LogP contribution is -2.85. The second kappa shape index (κ2) is 15.7. The second-order valence-electron chi connectivity index (χ2n) is 12.9. The minimum Gasteiger partial charge on any atom is -0.410 e. The number of hydrogen-bond donors (Lipinski definition) is 3. The van der Waals surface area contributed by atoms with E-state index in [0.29, 0.717) is 25.9 Å². The fourth-order valence-corrected chi connectivity index (χ4v) is 35.9. The van der Waals surface area contributed by atoms with Crippen molar-refractivity contribution < 1.29 is 47.3 Å². The van der Waals surface area contributed by atoms with E-state index < -0.39 is 62.6 Å². The van der Waals surface area contributed by atoms with Crippen LogP contribution in [0.3, 0.4) is 0 Å². The molecule has 18 heteroatoms. The normalized spacial score (nSPS) is 30.2. The number of benzene rings is 6. The van der Waals surface area contributed by atoms with Crippen LogP contribution in [0.1, 0.15) is 0 Å². The third kappa shape index (κ3) is 7.75. The van der Waals surface area contributed by atoms with Crippen LogP contribution in [0, 0.1) is 0 Å². The van der Waals surface area contributed by atoms with Gasteiger partial charge in [0.15, 0.2) is 0 Å². The van der Waals surface area contributed by atoms with Gasteiger partial charge in [0, 0.05) is 25.9 Å². The van der Waals surface area contributed by atoms with Gasteiger partial charge in [-0.1, -0.05) is 182 Å². The second-order valence-corrected chi connectivity index (χ2v) is 30.8. The average Bonchev–Trinajstić information content (AvgIpc) is 3.21. The standard InChI is InChI=1S/C37H38O11Si7/c1-49-41-51(39,33-22-10-3-11-23-33)44-55(37-30-18-7-19-31-37)46-52(40,34-24-12-4-13-25-34)45-54(36-28-16-6-17-29-36,43-50(38)32-20-8-2-9-21-32)47-53(42-49,48-55)35-26-14-5-15-27-35/h2-31,38-40,49-50H,1H3. The zero-order chi connectivity index (χ0) is 38.0. The van der Waals surface area contributed by atoms with Crippen LogP contribution < -0.4 is 31.1 Å². The lowest BCUT2D eigenvalue weighted by Gasteiger charge is -2.52. The van der Waals surface area contributed by atoms with Crippen molar-refractivity contribution in [1.29, 1.82) is 0 Å². The van der Waals surface area contributed by atoms with E-state index in [1.165, 1.54) is 0 Å². The Morgan fingerprint density at radius 3 is 1.35 bits per heavy atom. The Kier molecular flexibility index (Phi) is 11.0. The summed E-state index contributed by atoms with van der Waals surface area (Å²) >= 11 is 0. The minimum atomic E-state index is -4.90. The van der Waals surface area contributed by atoms with E-state index in [2.05, 4.69) is 0 Å². The molecule has 6 aromatic rings. The van der Waals surface area contributed by atoms with Gasteiger partial charge in [-0.2, -0.15) is 0 Å². The van der Waals surface area contributed by atoms with Crippen LogP contribution in [0.25, 0.3) is 0 Å². The highest BCUT2D eigenvalue weighted by Crippen LogP contribution is 2.36. The monoisotopic (exact) mass is 854 g/mol. The van der Waals surface area contributed by atoms with E-state index in [0.717, 1.165) is 0 Å². The summed E-state index contributed by atoms with van der Waals surface area (Å²) in [5, 5.41) is 2.57. The van der Waals surface area contributed by atoms with Crippen molar-refractivity contribution in [2.45, 2.75) is 6.55 Å². The van der Waals surface area contributed by atoms with Gasteiger partial charge in [0.05, 0.1) is 0 Å². The predicted molar refractivity (Wildman–Crippen MR) is 221 cm³/mol. The maximum absolute atomic E-state index is 13.3. The summed E-state index contributed by atoms with van der Waals surface area (Å²) < 4.78 is 56.8. The number of rotatable bonds is 8. The molecule has 0 aliphatic carbocycles. The smallest absolute Gasteiger partial charge is 0.410 e. The third-order valence-electron chi connectivity index (χ3n) is 9.01. The van der Waals surface area contributed by atoms with Gasteiger partial charge in [-0.15, -0.1) is 0 Å². The Bertz CT molecular complexity index is 2170. The first-order valence-corrected chi connectivity index (χ1v) is 30.0. The first-order chi connectivity index (χ1) is 26.7. The molecule has 2 heterocycles. The maximum Gasteiger partial charge on any atom is 0.520 e. The van der Waals surface area contributed by atoms with Crippen LogP contribution in [0.5, 0.6) is 0 Å². The molecular weight excluding hydrogens is 817 g/mol. The van der Waals surface area contributed by atoms with Crippen molar-refractivity contribution >= 4 is 93.7 Å². The van der Waals surface area contributed by atoms with E-state index in [1.54, 1.807) is 122 Å². The van der Waals surface area contributed by atoms with Gasteiger partial charge in [0.25, 0.3) is 0 Å². The molecule has 0 spiro atoms. The fourth-order valence-electron chi connectivity index (χ4n) is 6.46. The molecule has 0 saturated carbocycles. The van der Waals surface area contributed by atoms with E-state index in [1.807, 2.05) is 66.7 Å². The molecule has 280 valence electrons. The zero-order valence-corrected chi connectivity index (χ0v) is 36.9. The Morgan fingerprint density at radius 1 is 0.436 bits per heavy atom. The molecule has 3 N–H and O–H groups in total. The summed E-state index contributed by atoms with van der Waals surface area (Å²) in [4.78, 5) is 38.0. The van der Waals surface area contributed by atoms with Gasteiger partial charge in [0.2, 0.25) is 0 Å². The Morgan fingerprint density at radius 2 is 0.836 bits per heavy atom. The van der Waals surface area contributed by atoms with E-state index in [4.69, 9.17) is 32.9 Å². The zero-order valence-electron chi connectivity index (χ0n) is 29.6. The largest absolute Gasteiger partial charge is 0.520 e. The molecule has 0 aromatic heterocycles. The Balaban J connectivity index is 1.44. The van der Waals surface area contributed by atoms with Crippen molar-refractivity contribution in [3.05, 3.63) is 182 Å². The van der Waals surface area contributed by atoms with Gasteiger partial charge in [0.1, 0.15) is 0 Å². The summed E-state index contributed by atoms with van der Waals surface area (Å²) in [5.74, 6) is 0. The van der Waals surface area contributed by atoms with Crippen molar-refractivity contribution in [3.63, 3.8) is 0 Å². The Labute approximate surface area is 328 Å². The van der Waals surface area contributed by atoms with E-state index in [9.17, 15) is 14.4 Å². The highest BCUT2D eigenvalue weighted by atomic mass is 28.6. The van der Waals surface area contributed by atoms with Crippen LogP contribution >= 0.6 is 0 Å². The summed E-state index contributed by atoms with van der Waals surface area (Å²) in [7, 11) is -29.7. The highest BCUT2D eigenvalue weighted by Gasteiger charge is 2.73. The fraction of sp³-hybridized carbons (Fsp3) is 0.0270. The highest BCUT2D eigenvalue weighted by molar-refractivity contribution is 7.05. The molecule has 7 unspecified atom stereocenters. The molecule has 0 amide bonds. The lowest BCUT2D eigenvalue weighted by molar-refractivity contribution is 0.0753. The van der Waals surface area contributed by atoms with Crippen LogP contribution in [0.15, 0.2) is 182 Å². The van der Waals surface area contributed by atoms with Gasteiger partial charge < -0.3 is 47.3 Å². The van der Waals surface area contributed by atoms with E-state index >= 15 is 0 Å². The van der Waals surface area contributed by atoms with Gasteiger partial charge >= 0.3 is 62.6 Å². The molecule has 2 fully saturated rings. The molecule has 2 saturated heterocycles. The third-order valence-corrected chi connectivity index (χ3v) is 33.4. The van der Waals surface area contributed by atoms with Crippen LogP contribution in [-0.4, -0.2) is 77.0 Å². The molecule has 11 nitrogen and oxygen atoms in total. The van der Waals surface area contributed by atoms with Crippen LogP contribution in [-0.2, 0) is 32.9 Å². The molecule has 2 aliphatic rings. The summed E-state index contributed by atoms with van der Waals surface area (Å²) in [6.07, 6.45) is 0. The van der Waals surface area contributed by atoms with Crippen molar-refractivity contribution in [3.8, 4) is 0 Å². The maximum atomic E-state index is 13.3. The molecule has 8 rings (SSSR count). The summed E-state index contributed by atoms with van der Waals surface area (Å²) in [6, 6.07) is 53.6. The summed E-state index contributed by atoms with van der Waals surface area (Å²) in [6.45, 7) is 1.77. The quantitative estimate of drug-likeness (QED) is 0.183. The SMILES string of the molecule is C[SiH]1O[Si](O)(c2ccccc2)O[Si]2(c3ccccc3)O[Si](O)(c3ccccc3)O[Si](O[SiH](O)c3ccccc3)(c3ccccc3)O[Si](c3ccccc3)(O1)O2. The molecule has 0 radical (unpaired) electrons. The summed E-state index contributed by atoms with van der Waals surface area (Å²) in [5.41, 5.74) is 0. The minimum absolute atomic E-state index is 0.284. The molecule has 7 atom stereocenters. The van der Waals surface area contributed by atoms with Crippen molar-refractivity contribution in [2.75, 3.05) is 0 Å². The predicted octanol–water partition coefficient (Wildman–Crippen LogP) is 0.332. The van der Waals surface area contributed by atoms with Crippen molar-refractivity contribution in [2.24, 2.45) is 0 Å². The lowest BCUT2D eigenvalue weighted by atomic mass is 10.4. The molecular formula is C37H38O11Si7.